The van der Waals surface area contributed by atoms with E-state index in [0.717, 1.165) is 30.4 Å². The molecule has 0 aliphatic carbocycles. The van der Waals surface area contributed by atoms with Crippen molar-refractivity contribution in [1.82, 2.24) is 10.6 Å². The minimum absolute atomic E-state index is 0.146. The van der Waals surface area contributed by atoms with E-state index in [-0.39, 0.29) is 6.10 Å². The molecule has 0 aromatic heterocycles. The Morgan fingerprint density at radius 2 is 1.71 bits per heavy atom. The van der Waals surface area contributed by atoms with Crippen molar-refractivity contribution in [2.75, 3.05) is 19.6 Å². The van der Waals surface area contributed by atoms with Crippen molar-refractivity contribution in [3.8, 4) is 5.75 Å². The lowest BCUT2D eigenvalue weighted by Gasteiger charge is -2.13. The number of aliphatic hydroxyl groups excluding tert-OH is 1. The first kappa shape index (κ1) is 17.3. The van der Waals surface area contributed by atoms with Gasteiger partial charge in [-0.15, -0.1) is 0 Å². The Kier molecular flexibility index (Phi) is 7.61. The molecular weight excluding hydrogens is 266 g/mol. The van der Waals surface area contributed by atoms with E-state index in [1.54, 1.807) is 0 Å². The Hall–Kier alpha value is -1.75. The topological polar surface area (TPSA) is 65.9 Å². The fourth-order valence-corrected chi connectivity index (χ4v) is 1.83. The molecule has 3 N–H and O–H groups in total. The molecule has 0 saturated carbocycles. The summed E-state index contributed by atoms with van der Waals surface area (Å²) in [5, 5.41) is 16.4. The van der Waals surface area contributed by atoms with Gasteiger partial charge in [0, 0.05) is 13.1 Å². The van der Waals surface area contributed by atoms with Gasteiger partial charge in [-0.2, -0.15) is 0 Å². The molecule has 1 unspecified atom stereocenters. The molecule has 1 rings (SSSR count). The lowest BCUT2D eigenvalue weighted by Crippen LogP contribution is -2.37. The van der Waals surface area contributed by atoms with Gasteiger partial charge >= 0.3 is 0 Å². The Balaban J connectivity index is 2.61. The van der Waals surface area contributed by atoms with Gasteiger partial charge in [0.15, 0.2) is 5.96 Å². The number of rotatable bonds is 7. The number of nitrogens with one attached hydrogen (secondary N) is 2. The first-order valence-electron chi connectivity index (χ1n) is 7.53. The number of hydrogen-bond acceptors (Lipinski definition) is 3. The van der Waals surface area contributed by atoms with Gasteiger partial charge in [0.2, 0.25) is 0 Å². The Bertz CT molecular complexity index is 422. The molecule has 5 nitrogen and oxygen atoms in total. The third kappa shape index (κ3) is 6.49. The zero-order valence-electron chi connectivity index (χ0n) is 13.4. The van der Waals surface area contributed by atoms with Crippen molar-refractivity contribution in [3.05, 3.63) is 29.8 Å². The van der Waals surface area contributed by atoms with Gasteiger partial charge in [0.05, 0.1) is 18.8 Å². The summed E-state index contributed by atoms with van der Waals surface area (Å²) in [6.07, 6.45) is -0.474. The van der Waals surface area contributed by atoms with Crippen LogP contribution in [0.5, 0.6) is 5.75 Å². The molecule has 0 heterocycles. The molecule has 1 aromatic rings. The molecule has 0 fully saturated rings. The third-order valence-electron chi connectivity index (χ3n) is 2.75. The van der Waals surface area contributed by atoms with Crippen molar-refractivity contribution in [2.24, 2.45) is 4.99 Å². The van der Waals surface area contributed by atoms with Crippen LogP contribution >= 0.6 is 0 Å². The smallest absolute Gasteiger partial charge is 0.191 e. The molecule has 0 amide bonds. The predicted octanol–water partition coefficient (Wildman–Crippen LogP) is 2.08. The van der Waals surface area contributed by atoms with Crippen LogP contribution in [0.1, 0.15) is 39.4 Å². The highest BCUT2D eigenvalue weighted by molar-refractivity contribution is 5.79. The van der Waals surface area contributed by atoms with Gasteiger partial charge in [-0.3, -0.25) is 4.99 Å². The Labute approximate surface area is 127 Å². The molecule has 118 valence electrons. The van der Waals surface area contributed by atoms with Gasteiger partial charge in [-0.05, 0) is 45.4 Å². The number of hydrogen-bond donors (Lipinski definition) is 3. The van der Waals surface area contributed by atoms with Crippen LogP contribution in [-0.4, -0.2) is 36.8 Å². The zero-order valence-corrected chi connectivity index (χ0v) is 13.4. The van der Waals surface area contributed by atoms with E-state index in [2.05, 4.69) is 15.6 Å². The van der Waals surface area contributed by atoms with Crippen LogP contribution in [0.15, 0.2) is 29.3 Å². The highest BCUT2D eigenvalue weighted by atomic mass is 16.5. The van der Waals surface area contributed by atoms with Gasteiger partial charge in [-0.1, -0.05) is 12.1 Å². The summed E-state index contributed by atoms with van der Waals surface area (Å²) in [5.74, 6) is 1.53. The van der Waals surface area contributed by atoms with Gasteiger partial charge in [0.1, 0.15) is 5.75 Å². The predicted molar refractivity (Wildman–Crippen MR) is 86.8 cm³/mol. The summed E-state index contributed by atoms with van der Waals surface area (Å²) in [5.41, 5.74) is 0.835. The van der Waals surface area contributed by atoms with Crippen LogP contribution in [0, 0.1) is 0 Å². The SMILES string of the molecule is CCNC(=NCC(O)c1ccc(OC(C)C)cc1)NCC. The van der Waals surface area contributed by atoms with E-state index >= 15 is 0 Å². The fourth-order valence-electron chi connectivity index (χ4n) is 1.83. The van der Waals surface area contributed by atoms with E-state index in [1.165, 1.54) is 0 Å². The highest BCUT2D eigenvalue weighted by Crippen LogP contribution is 2.18. The normalized spacial score (nSPS) is 11.9. The second-order valence-corrected chi connectivity index (χ2v) is 5.00. The molecule has 1 aromatic carbocycles. The number of benzene rings is 1. The molecule has 0 aliphatic rings. The van der Waals surface area contributed by atoms with Crippen LogP contribution in [0.25, 0.3) is 0 Å². The van der Waals surface area contributed by atoms with Crippen molar-refractivity contribution >= 4 is 5.96 Å². The molecule has 0 saturated heterocycles. The van der Waals surface area contributed by atoms with Gasteiger partial charge < -0.3 is 20.5 Å². The lowest BCUT2D eigenvalue weighted by atomic mass is 10.1. The van der Waals surface area contributed by atoms with Crippen molar-refractivity contribution in [2.45, 2.75) is 39.9 Å². The largest absolute Gasteiger partial charge is 0.491 e. The summed E-state index contributed by atoms with van der Waals surface area (Å²) in [7, 11) is 0. The summed E-state index contributed by atoms with van der Waals surface area (Å²) in [6.45, 7) is 9.90. The van der Waals surface area contributed by atoms with E-state index < -0.39 is 6.10 Å². The highest BCUT2D eigenvalue weighted by Gasteiger charge is 2.08. The first-order valence-corrected chi connectivity index (χ1v) is 7.53. The van der Waals surface area contributed by atoms with Crippen LogP contribution in [0.4, 0.5) is 0 Å². The second kappa shape index (κ2) is 9.23. The van der Waals surface area contributed by atoms with Crippen LogP contribution < -0.4 is 15.4 Å². The van der Waals surface area contributed by atoms with E-state index in [0.29, 0.717) is 6.54 Å². The quantitative estimate of drug-likeness (QED) is 0.532. The van der Waals surface area contributed by atoms with E-state index in [1.807, 2.05) is 52.0 Å². The molecule has 5 heteroatoms. The van der Waals surface area contributed by atoms with E-state index in [9.17, 15) is 5.11 Å². The average Bonchev–Trinajstić information content (AvgIpc) is 2.45. The van der Waals surface area contributed by atoms with Crippen LogP contribution in [0.3, 0.4) is 0 Å². The molecule has 1 atom stereocenters. The molecular formula is C16H27N3O2. The number of aliphatic hydroxyl groups is 1. The van der Waals surface area contributed by atoms with Gasteiger partial charge in [0.25, 0.3) is 0 Å². The Morgan fingerprint density at radius 1 is 1.14 bits per heavy atom. The molecule has 0 radical (unpaired) electrons. The lowest BCUT2D eigenvalue weighted by molar-refractivity contribution is 0.186. The number of aliphatic imine (C=N–C) groups is 1. The van der Waals surface area contributed by atoms with Crippen LogP contribution in [-0.2, 0) is 0 Å². The standard InChI is InChI=1S/C16H27N3O2/c1-5-17-16(18-6-2)19-11-15(20)13-7-9-14(10-8-13)21-12(3)4/h7-10,12,15,20H,5-6,11H2,1-4H3,(H2,17,18,19). The maximum absolute atomic E-state index is 10.2. The van der Waals surface area contributed by atoms with E-state index in [4.69, 9.17) is 4.74 Å². The second-order valence-electron chi connectivity index (χ2n) is 5.00. The Morgan fingerprint density at radius 3 is 2.19 bits per heavy atom. The molecule has 0 aliphatic heterocycles. The van der Waals surface area contributed by atoms with Gasteiger partial charge in [-0.25, -0.2) is 0 Å². The summed E-state index contributed by atoms with van der Waals surface area (Å²) in [6, 6.07) is 7.49. The minimum Gasteiger partial charge on any atom is -0.491 e. The minimum atomic E-state index is -0.620. The van der Waals surface area contributed by atoms with Crippen LogP contribution in [0.2, 0.25) is 0 Å². The average molecular weight is 293 g/mol. The van der Waals surface area contributed by atoms with Crippen molar-refractivity contribution < 1.29 is 9.84 Å². The number of nitrogens with zero attached hydrogens (tertiary/aromatic N) is 1. The monoisotopic (exact) mass is 293 g/mol. The zero-order chi connectivity index (χ0) is 15.7. The third-order valence-corrected chi connectivity index (χ3v) is 2.75. The molecule has 0 spiro atoms. The molecule has 0 bridgehead atoms. The first-order chi connectivity index (χ1) is 10.1. The summed E-state index contributed by atoms with van der Waals surface area (Å²) < 4.78 is 5.58. The number of guanidine groups is 1. The summed E-state index contributed by atoms with van der Waals surface area (Å²) in [4.78, 5) is 4.36. The molecule has 21 heavy (non-hydrogen) atoms. The maximum Gasteiger partial charge on any atom is 0.191 e. The van der Waals surface area contributed by atoms with Crippen molar-refractivity contribution in [1.29, 1.82) is 0 Å². The summed E-state index contributed by atoms with van der Waals surface area (Å²) >= 11 is 0. The number of ether oxygens (including phenoxy) is 1. The fraction of sp³-hybridized carbons (Fsp3) is 0.562. The van der Waals surface area contributed by atoms with Crippen molar-refractivity contribution in [3.63, 3.8) is 0 Å². The maximum atomic E-state index is 10.2.